The molecule has 8 nitrogen and oxygen atoms in total. The quantitative estimate of drug-likeness (QED) is 0.292. The van der Waals surface area contributed by atoms with E-state index in [1.54, 1.807) is 12.1 Å². The van der Waals surface area contributed by atoms with Crippen LogP contribution in [-0.4, -0.2) is 37.5 Å². The number of thiophene rings is 1. The van der Waals surface area contributed by atoms with Crippen LogP contribution in [0.1, 0.15) is 16.2 Å². The van der Waals surface area contributed by atoms with Crippen LogP contribution in [0.5, 0.6) is 0 Å². The molecule has 0 radical (unpaired) electrons. The van der Waals surface area contributed by atoms with Crippen molar-refractivity contribution >= 4 is 34.5 Å². The van der Waals surface area contributed by atoms with Crippen LogP contribution in [-0.2, 0) is 6.54 Å². The lowest BCUT2D eigenvalue weighted by Crippen LogP contribution is -2.27. The highest BCUT2D eigenvalue weighted by Crippen LogP contribution is 2.27. The number of carbonyl (C=O) groups excluding carboxylic acids is 1. The summed E-state index contributed by atoms with van der Waals surface area (Å²) in [4.78, 5) is 30.1. The van der Waals surface area contributed by atoms with Crippen molar-refractivity contribution in [1.82, 2.24) is 19.7 Å². The second-order valence-corrected chi connectivity index (χ2v) is 8.17. The predicted octanol–water partition coefficient (Wildman–Crippen LogP) is 4.97. The van der Waals surface area contributed by atoms with E-state index >= 15 is 0 Å². The van der Waals surface area contributed by atoms with Crippen LogP contribution >= 0.6 is 22.9 Å². The molecule has 32 heavy (non-hydrogen) atoms. The van der Waals surface area contributed by atoms with Crippen LogP contribution < -0.4 is 0 Å². The lowest BCUT2D eigenvalue weighted by atomic mass is 10.2. The molecule has 0 aliphatic rings. The number of nitro groups is 1. The van der Waals surface area contributed by atoms with E-state index in [1.165, 1.54) is 58.3 Å². The molecule has 11 heteroatoms. The fourth-order valence-corrected chi connectivity index (χ4v) is 3.90. The van der Waals surface area contributed by atoms with Crippen molar-refractivity contribution in [2.45, 2.75) is 6.54 Å². The van der Waals surface area contributed by atoms with Crippen molar-refractivity contribution in [3.8, 4) is 16.4 Å². The van der Waals surface area contributed by atoms with Gasteiger partial charge in [-0.15, -0.1) is 16.4 Å². The number of rotatable bonds is 6. The standard InChI is InChI=1S/C21H15ClFN5O3S/c1-26(12-13-11-16(28(30)31)8-9-17(13)22)21(29)19-24-20(18-3-2-10-32-18)27(25-19)15-6-4-14(23)5-7-15/h2-11H,12H2,1H3. The van der Waals surface area contributed by atoms with E-state index in [-0.39, 0.29) is 18.1 Å². The summed E-state index contributed by atoms with van der Waals surface area (Å²) in [6.07, 6.45) is 0. The highest BCUT2D eigenvalue weighted by atomic mass is 35.5. The van der Waals surface area contributed by atoms with Gasteiger partial charge >= 0.3 is 0 Å². The number of nitro benzene ring substituents is 1. The van der Waals surface area contributed by atoms with Crippen LogP contribution in [0.4, 0.5) is 10.1 Å². The average Bonchev–Trinajstić information content (AvgIpc) is 3.45. The Balaban J connectivity index is 1.67. The molecule has 2 heterocycles. The number of hydrogen-bond acceptors (Lipinski definition) is 6. The topological polar surface area (TPSA) is 94.2 Å². The summed E-state index contributed by atoms with van der Waals surface area (Å²) in [6.45, 7) is 0.0266. The molecule has 2 aromatic carbocycles. The molecule has 0 atom stereocenters. The van der Waals surface area contributed by atoms with Gasteiger partial charge in [-0.3, -0.25) is 14.9 Å². The lowest BCUT2D eigenvalue weighted by molar-refractivity contribution is -0.384. The van der Waals surface area contributed by atoms with Gasteiger partial charge in [0.15, 0.2) is 5.82 Å². The molecule has 0 saturated heterocycles. The van der Waals surface area contributed by atoms with Gasteiger partial charge in [0.1, 0.15) is 5.82 Å². The Hall–Kier alpha value is -3.63. The van der Waals surface area contributed by atoms with Crippen LogP contribution in [0, 0.1) is 15.9 Å². The maximum atomic E-state index is 13.4. The number of benzene rings is 2. The van der Waals surface area contributed by atoms with Gasteiger partial charge in [0.2, 0.25) is 5.82 Å². The Labute approximate surface area is 190 Å². The summed E-state index contributed by atoms with van der Waals surface area (Å²) in [5.41, 5.74) is 0.850. The van der Waals surface area contributed by atoms with Gasteiger partial charge in [0, 0.05) is 30.7 Å². The van der Waals surface area contributed by atoms with Crippen molar-refractivity contribution in [3.63, 3.8) is 0 Å². The Morgan fingerprint density at radius 3 is 2.66 bits per heavy atom. The minimum atomic E-state index is -0.527. The van der Waals surface area contributed by atoms with Gasteiger partial charge in [0.05, 0.1) is 15.5 Å². The van der Waals surface area contributed by atoms with Gasteiger partial charge in [-0.25, -0.2) is 14.1 Å². The zero-order chi connectivity index (χ0) is 22.8. The Morgan fingerprint density at radius 2 is 2.00 bits per heavy atom. The highest BCUT2D eigenvalue weighted by Gasteiger charge is 2.23. The van der Waals surface area contributed by atoms with Gasteiger partial charge in [-0.1, -0.05) is 17.7 Å². The largest absolute Gasteiger partial charge is 0.335 e. The van der Waals surface area contributed by atoms with Gasteiger partial charge in [-0.2, -0.15) is 0 Å². The number of nitrogens with zero attached hydrogens (tertiary/aromatic N) is 5. The molecule has 0 N–H and O–H groups in total. The summed E-state index contributed by atoms with van der Waals surface area (Å²) in [5.74, 6) is -0.513. The maximum Gasteiger partial charge on any atom is 0.293 e. The average molecular weight is 472 g/mol. The predicted molar refractivity (Wildman–Crippen MR) is 119 cm³/mol. The molecule has 0 aliphatic carbocycles. The SMILES string of the molecule is CN(Cc1cc([N+](=O)[O-])ccc1Cl)C(=O)c1nc(-c2cccs2)n(-c2ccc(F)cc2)n1. The first-order valence-electron chi connectivity index (χ1n) is 9.28. The fraction of sp³-hybridized carbons (Fsp3) is 0.0952. The van der Waals surface area contributed by atoms with E-state index in [1.807, 2.05) is 17.5 Å². The van der Waals surface area contributed by atoms with E-state index in [0.717, 1.165) is 4.88 Å². The van der Waals surface area contributed by atoms with Crippen molar-refractivity contribution in [3.05, 3.63) is 92.3 Å². The first-order valence-corrected chi connectivity index (χ1v) is 10.5. The van der Waals surface area contributed by atoms with Crippen molar-refractivity contribution in [1.29, 1.82) is 0 Å². The maximum absolute atomic E-state index is 13.4. The Morgan fingerprint density at radius 1 is 1.25 bits per heavy atom. The summed E-state index contributed by atoms with van der Waals surface area (Å²) in [6, 6.07) is 13.4. The van der Waals surface area contributed by atoms with Gasteiger partial charge < -0.3 is 4.90 Å². The minimum absolute atomic E-state index is 0.0266. The molecule has 1 amide bonds. The van der Waals surface area contributed by atoms with E-state index in [9.17, 15) is 19.3 Å². The fourth-order valence-electron chi connectivity index (χ4n) is 3.02. The van der Waals surface area contributed by atoms with Gasteiger partial charge in [0.25, 0.3) is 11.6 Å². The Kier molecular flexibility index (Phi) is 5.97. The molecule has 0 fully saturated rings. The number of hydrogen-bond donors (Lipinski definition) is 0. The molecular weight excluding hydrogens is 457 g/mol. The van der Waals surface area contributed by atoms with Crippen LogP contribution in [0.2, 0.25) is 5.02 Å². The van der Waals surface area contributed by atoms with Gasteiger partial charge in [-0.05, 0) is 47.3 Å². The molecule has 4 rings (SSSR count). The summed E-state index contributed by atoms with van der Waals surface area (Å²) < 4.78 is 14.9. The van der Waals surface area contributed by atoms with Crippen molar-refractivity contribution in [2.75, 3.05) is 7.05 Å². The van der Waals surface area contributed by atoms with Crippen LogP contribution in [0.3, 0.4) is 0 Å². The van der Waals surface area contributed by atoms with Crippen LogP contribution in [0.25, 0.3) is 16.4 Å². The lowest BCUT2D eigenvalue weighted by Gasteiger charge is -2.16. The van der Waals surface area contributed by atoms with E-state index in [0.29, 0.717) is 22.1 Å². The number of non-ortho nitro benzene ring substituents is 1. The third-order valence-corrected chi connectivity index (χ3v) is 5.84. The first-order chi connectivity index (χ1) is 15.3. The van der Waals surface area contributed by atoms with E-state index in [2.05, 4.69) is 10.1 Å². The van der Waals surface area contributed by atoms with Crippen molar-refractivity contribution in [2.24, 2.45) is 0 Å². The molecule has 0 unspecified atom stereocenters. The molecule has 0 saturated carbocycles. The highest BCUT2D eigenvalue weighted by molar-refractivity contribution is 7.13. The molecule has 0 aliphatic heterocycles. The monoisotopic (exact) mass is 471 g/mol. The second-order valence-electron chi connectivity index (χ2n) is 6.82. The molecule has 0 bridgehead atoms. The summed E-state index contributed by atoms with van der Waals surface area (Å²) in [7, 11) is 1.53. The molecule has 162 valence electrons. The second kappa shape index (κ2) is 8.85. The minimum Gasteiger partial charge on any atom is -0.335 e. The number of aromatic nitrogens is 3. The summed E-state index contributed by atoms with van der Waals surface area (Å²) >= 11 is 7.59. The third-order valence-electron chi connectivity index (χ3n) is 4.61. The smallest absolute Gasteiger partial charge is 0.293 e. The number of carbonyl (C=O) groups is 1. The number of halogens is 2. The zero-order valence-corrected chi connectivity index (χ0v) is 18.2. The Bertz CT molecular complexity index is 1290. The molecule has 0 spiro atoms. The normalized spacial score (nSPS) is 10.8. The van der Waals surface area contributed by atoms with E-state index < -0.39 is 16.6 Å². The number of amides is 1. The molecular formula is C21H15ClFN5O3S. The third kappa shape index (κ3) is 4.36. The summed E-state index contributed by atoms with van der Waals surface area (Å²) in [5, 5.41) is 17.6. The van der Waals surface area contributed by atoms with E-state index in [4.69, 9.17) is 11.6 Å². The zero-order valence-electron chi connectivity index (χ0n) is 16.6. The first kappa shape index (κ1) is 21.6. The molecule has 2 aromatic heterocycles. The van der Waals surface area contributed by atoms with Crippen LogP contribution in [0.15, 0.2) is 60.0 Å². The molecule has 4 aromatic rings. The van der Waals surface area contributed by atoms with Crippen molar-refractivity contribution < 1.29 is 14.1 Å².